The summed E-state index contributed by atoms with van der Waals surface area (Å²) in [6.07, 6.45) is 5.77. The number of nitrogens with one attached hydrogen (secondary N) is 1. The normalized spacial score (nSPS) is 15.7. The minimum Gasteiger partial charge on any atom is -0.465 e. The highest BCUT2D eigenvalue weighted by molar-refractivity contribution is 5.91. The summed E-state index contributed by atoms with van der Waals surface area (Å²) < 4.78 is 20.2. The molecule has 1 aliphatic heterocycles. The number of methoxy groups -OCH3 is 1. The van der Waals surface area contributed by atoms with Crippen LogP contribution in [0.4, 0.5) is 4.39 Å². The van der Waals surface area contributed by atoms with Gasteiger partial charge in [-0.25, -0.2) is 9.18 Å². The molecular formula is C16H18FN3O2. The lowest BCUT2D eigenvalue weighted by Gasteiger charge is -2.22. The number of halogens is 1. The van der Waals surface area contributed by atoms with Crippen molar-refractivity contribution in [2.45, 2.75) is 18.9 Å². The largest absolute Gasteiger partial charge is 0.465 e. The Kier molecular flexibility index (Phi) is 4.20. The van der Waals surface area contributed by atoms with Crippen molar-refractivity contribution >= 4 is 5.97 Å². The van der Waals surface area contributed by atoms with Gasteiger partial charge in [0.2, 0.25) is 0 Å². The molecular weight excluding hydrogens is 285 g/mol. The summed E-state index contributed by atoms with van der Waals surface area (Å²) in [6, 6.07) is 4.82. The minimum absolute atomic E-state index is 0.0605. The van der Waals surface area contributed by atoms with E-state index in [-0.39, 0.29) is 5.56 Å². The van der Waals surface area contributed by atoms with Gasteiger partial charge in [0.1, 0.15) is 5.82 Å². The number of ether oxygens (including phenoxy) is 1. The topological polar surface area (TPSA) is 56.1 Å². The van der Waals surface area contributed by atoms with Crippen molar-refractivity contribution in [3.8, 4) is 11.1 Å². The molecule has 1 aliphatic rings. The smallest absolute Gasteiger partial charge is 0.340 e. The molecule has 1 saturated heterocycles. The van der Waals surface area contributed by atoms with Gasteiger partial charge < -0.3 is 10.1 Å². The highest BCUT2D eigenvalue weighted by Crippen LogP contribution is 2.25. The first-order chi connectivity index (χ1) is 10.7. The molecule has 0 bridgehead atoms. The number of benzene rings is 1. The highest BCUT2D eigenvalue weighted by Gasteiger charge is 2.17. The fraction of sp³-hybridized carbons (Fsp3) is 0.375. The first kappa shape index (κ1) is 14.7. The van der Waals surface area contributed by atoms with E-state index in [4.69, 9.17) is 0 Å². The van der Waals surface area contributed by atoms with Crippen molar-refractivity contribution in [3.05, 3.63) is 42.0 Å². The van der Waals surface area contributed by atoms with Crippen LogP contribution in [0.2, 0.25) is 0 Å². The molecule has 0 saturated carbocycles. The van der Waals surface area contributed by atoms with E-state index in [9.17, 15) is 9.18 Å². The van der Waals surface area contributed by atoms with Crippen LogP contribution in [0.5, 0.6) is 0 Å². The molecule has 0 aliphatic carbocycles. The third kappa shape index (κ3) is 2.87. The second-order valence-electron chi connectivity index (χ2n) is 5.38. The van der Waals surface area contributed by atoms with Crippen LogP contribution in [0, 0.1) is 5.82 Å². The van der Waals surface area contributed by atoms with Gasteiger partial charge in [-0.2, -0.15) is 5.10 Å². The van der Waals surface area contributed by atoms with Crippen LogP contribution >= 0.6 is 0 Å². The van der Waals surface area contributed by atoms with Crippen molar-refractivity contribution < 1.29 is 13.9 Å². The maximum absolute atomic E-state index is 13.7. The van der Waals surface area contributed by atoms with Gasteiger partial charge in [-0.3, -0.25) is 4.68 Å². The van der Waals surface area contributed by atoms with Gasteiger partial charge in [-0.15, -0.1) is 0 Å². The maximum Gasteiger partial charge on any atom is 0.340 e. The Morgan fingerprint density at radius 2 is 2.14 bits per heavy atom. The fourth-order valence-corrected chi connectivity index (χ4v) is 2.73. The Balaban J connectivity index is 1.88. The lowest BCUT2D eigenvalue weighted by molar-refractivity contribution is 0.0595. The third-order valence-corrected chi connectivity index (χ3v) is 3.99. The van der Waals surface area contributed by atoms with Crippen LogP contribution < -0.4 is 5.32 Å². The Labute approximate surface area is 128 Å². The molecule has 1 fully saturated rings. The first-order valence-corrected chi connectivity index (χ1v) is 7.32. The SMILES string of the molecule is COC(=O)c1cc(-c2cnn(C3CCNCC3)c2)ccc1F. The monoisotopic (exact) mass is 303 g/mol. The summed E-state index contributed by atoms with van der Waals surface area (Å²) in [5.74, 6) is -1.26. The second kappa shape index (κ2) is 6.27. The van der Waals surface area contributed by atoms with E-state index in [1.54, 1.807) is 12.3 Å². The molecule has 1 N–H and O–H groups in total. The molecule has 6 heteroatoms. The first-order valence-electron chi connectivity index (χ1n) is 7.32. The van der Waals surface area contributed by atoms with Crippen LogP contribution in [0.1, 0.15) is 29.2 Å². The summed E-state index contributed by atoms with van der Waals surface area (Å²) in [5, 5.41) is 7.73. The quantitative estimate of drug-likeness (QED) is 0.885. The Hall–Kier alpha value is -2.21. The lowest BCUT2D eigenvalue weighted by atomic mass is 10.1. The molecule has 1 aromatic carbocycles. The van der Waals surface area contributed by atoms with Crippen molar-refractivity contribution in [1.29, 1.82) is 0 Å². The zero-order chi connectivity index (χ0) is 15.5. The number of aromatic nitrogens is 2. The van der Waals surface area contributed by atoms with E-state index in [0.29, 0.717) is 6.04 Å². The molecule has 2 aromatic rings. The van der Waals surface area contributed by atoms with Gasteiger partial charge in [0.25, 0.3) is 0 Å². The third-order valence-electron chi connectivity index (χ3n) is 3.99. The molecule has 0 unspecified atom stereocenters. The van der Waals surface area contributed by atoms with Gasteiger partial charge in [0, 0.05) is 11.8 Å². The predicted octanol–water partition coefficient (Wildman–Crippen LogP) is 2.40. The summed E-state index contributed by atoms with van der Waals surface area (Å²) in [6.45, 7) is 1.98. The van der Waals surface area contributed by atoms with Gasteiger partial charge in [0.15, 0.2) is 0 Å². The summed E-state index contributed by atoms with van der Waals surface area (Å²) in [7, 11) is 1.24. The number of esters is 1. The lowest BCUT2D eigenvalue weighted by Crippen LogP contribution is -2.29. The van der Waals surface area contributed by atoms with Crippen molar-refractivity contribution in [3.63, 3.8) is 0 Å². The highest BCUT2D eigenvalue weighted by atomic mass is 19.1. The standard InChI is InChI=1S/C16H18FN3O2/c1-22-16(21)14-8-11(2-3-15(14)17)12-9-19-20(10-12)13-4-6-18-7-5-13/h2-3,8-10,13,18H,4-7H2,1H3. The number of hydrogen-bond acceptors (Lipinski definition) is 4. The molecule has 0 spiro atoms. The number of nitrogens with zero attached hydrogens (tertiary/aromatic N) is 2. The van der Waals surface area contributed by atoms with Crippen LogP contribution in [-0.4, -0.2) is 35.9 Å². The number of rotatable bonds is 3. The maximum atomic E-state index is 13.7. The predicted molar refractivity (Wildman–Crippen MR) is 80.1 cm³/mol. The van der Waals surface area contributed by atoms with Crippen LogP contribution in [0.15, 0.2) is 30.6 Å². The van der Waals surface area contributed by atoms with Gasteiger partial charge in [0.05, 0.1) is 24.9 Å². The Morgan fingerprint density at radius 3 is 2.86 bits per heavy atom. The molecule has 3 rings (SSSR count). The molecule has 22 heavy (non-hydrogen) atoms. The van der Waals surface area contributed by atoms with E-state index >= 15 is 0 Å². The molecule has 5 nitrogen and oxygen atoms in total. The number of piperidine rings is 1. The zero-order valence-electron chi connectivity index (χ0n) is 12.4. The number of hydrogen-bond donors (Lipinski definition) is 1. The minimum atomic E-state index is -0.676. The number of carbonyl (C=O) groups is 1. The van der Waals surface area contributed by atoms with Crippen molar-refractivity contribution in [2.75, 3.05) is 20.2 Å². The van der Waals surface area contributed by atoms with Crippen LogP contribution in [-0.2, 0) is 4.74 Å². The van der Waals surface area contributed by atoms with Crippen LogP contribution in [0.3, 0.4) is 0 Å². The average Bonchev–Trinajstić information content (AvgIpc) is 3.05. The summed E-state index contributed by atoms with van der Waals surface area (Å²) in [4.78, 5) is 11.6. The molecule has 1 aromatic heterocycles. The van der Waals surface area contributed by atoms with E-state index in [1.807, 2.05) is 10.9 Å². The van der Waals surface area contributed by atoms with Gasteiger partial charge >= 0.3 is 5.97 Å². The second-order valence-corrected chi connectivity index (χ2v) is 5.38. The van der Waals surface area contributed by atoms with Crippen molar-refractivity contribution in [1.82, 2.24) is 15.1 Å². The molecule has 2 heterocycles. The van der Waals surface area contributed by atoms with E-state index in [1.165, 1.54) is 19.2 Å². The zero-order valence-corrected chi connectivity index (χ0v) is 12.4. The molecule has 0 radical (unpaired) electrons. The summed E-state index contributed by atoms with van der Waals surface area (Å²) >= 11 is 0. The van der Waals surface area contributed by atoms with E-state index in [0.717, 1.165) is 37.1 Å². The van der Waals surface area contributed by atoms with Crippen molar-refractivity contribution in [2.24, 2.45) is 0 Å². The van der Waals surface area contributed by atoms with Gasteiger partial charge in [-0.05, 0) is 43.6 Å². The summed E-state index contributed by atoms with van der Waals surface area (Å²) in [5.41, 5.74) is 1.56. The Bertz CT molecular complexity index is 678. The average molecular weight is 303 g/mol. The van der Waals surface area contributed by atoms with Gasteiger partial charge in [-0.1, -0.05) is 6.07 Å². The number of carbonyl (C=O) groups excluding carboxylic acids is 1. The molecule has 116 valence electrons. The Morgan fingerprint density at radius 1 is 1.36 bits per heavy atom. The fourth-order valence-electron chi connectivity index (χ4n) is 2.73. The molecule has 0 amide bonds. The van der Waals surface area contributed by atoms with E-state index in [2.05, 4.69) is 15.2 Å². The van der Waals surface area contributed by atoms with Crippen LogP contribution in [0.25, 0.3) is 11.1 Å². The molecule has 0 atom stereocenters. The van der Waals surface area contributed by atoms with E-state index < -0.39 is 11.8 Å².